The lowest BCUT2D eigenvalue weighted by Crippen LogP contribution is -2.39. The molecular weight excluding hydrogens is 360 g/mol. The maximum atomic E-state index is 12.2. The quantitative estimate of drug-likeness (QED) is 0.716. The molecule has 0 bridgehead atoms. The standard InChI is InChI=1S/C21H24N2O5/c1-14(2)23-21(26)22-12-15-7-9-17(10-8-15)20(25)28-13-16-5-4-6-18(11-16)19(24)27-3/h4-11,14H,12-13H2,1-3H3,(H2,22,23,26). The van der Waals surface area contributed by atoms with Crippen LogP contribution >= 0.6 is 0 Å². The maximum absolute atomic E-state index is 12.2. The predicted molar refractivity (Wildman–Crippen MR) is 104 cm³/mol. The van der Waals surface area contributed by atoms with Crippen molar-refractivity contribution in [3.63, 3.8) is 0 Å². The summed E-state index contributed by atoms with van der Waals surface area (Å²) in [5.41, 5.74) is 2.35. The minimum atomic E-state index is -0.472. The van der Waals surface area contributed by atoms with Gasteiger partial charge in [-0.15, -0.1) is 0 Å². The van der Waals surface area contributed by atoms with Crippen LogP contribution in [0.3, 0.4) is 0 Å². The van der Waals surface area contributed by atoms with Gasteiger partial charge >= 0.3 is 18.0 Å². The van der Waals surface area contributed by atoms with Gasteiger partial charge in [-0.1, -0.05) is 24.3 Å². The highest BCUT2D eigenvalue weighted by Gasteiger charge is 2.10. The molecule has 2 amide bonds. The smallest absolute Gasteiger partial charge is 0.338 e. The van der Waals surface area contributed by atoms with E-state index in [2.05, 4.69) is 15.4 Å². The summed E-state index contributed by atoms with van der Waals surface area (Å²) in [6.45, 7) is 4.16. The third-order valence-electron chi connectivity index (χ3n) is 3.78. The van der Waals surface area contributed by atoms with E-state index in [0.717, 1.165) is 5.56 Å². The number of nitrogens with one attached hydrogen (secondary N) is 2. The Morgan fingerprint density at radius 3 is 2.29 bits per heavy atom. The van der Waals surface area contributed by atoms with Gasteiger partial charge in [0, 0.05) is 12.6 Å². The van der Waals surface area contributed by atoms with Crippen molar-refractivity contribution in [2.75, 3.05) is 7.11 Å². The lowest BCUT2D eigenvalue weighted by atomic mass is 10.1. The number of hydrogen-bond acceptors (Lipinski definition) is 5. The van der Waals surface area contributed by atoms with Crippen molar-refractivity contribution in [3.8, 4) is 0 Å². The van der Waals surface area contributed by atoms with Crippen LogP contribution in [0.4, 0.5) is 4.79 Å². The maximum Gasteiger partial charge on any atom is 0.338 e. The van der Waals surface area contributed by atoms with Gasteiger partial charge in [0.2, 0.25) is 0 Å². The highest BCUT2D eigenvalue weighted by Crippen LogP contribution is 2.11. The Hall–Kier alpha value is -3.35. The first-order valence-electron chi connectivity index (χ1n) is 8.86. The first-order valence-corrected chi connectivity index (χ1v) is 8.86. The second kappa shape index (κ2) is 10.1. The van der Waals surface area contributed by atoms with E-state index in [1.54, 1.807) is 48.5 Å². The highest BCUT2D eigenvalue weighted by molar-refractivity contribution is 5.90. The summed E-state index contributed by atoms with van der Waals surface area (Å²) in [4.78, 5) is 35.3. The minimum Gasteiger partial charge on any atom is -0.465 e. The van der Waals surface area contributed by atoms with Crippen LogP contribution in [0.25, 0.3) is 0 Å². The number of carbonyl (C=O) groups excluding carboxylic acids is 3. The molecule has 28 heavy (non-hydrogen) atoms. The Bertz CT molecular complexity index is 831. The number of esters is 2. The van der Waals surface area contributed by atoms with E-state index < -0.39 is 11.9 Å². The molecule has 2 N–H and O–H groups in total. The third-order valence-corrected chi connectivity index (χ3v) is 3.78. The monoisotopic (exact) mass is 384 g/mol. The molecule has 0 aromatic heterocycles. The van der Waals surface area contributed by atoms with Crippen molar-refractivity contribution < 1.29 is 23.9 Å². The van der Waals surface area contributed by atoms with Crippen LogP contribution in [0, 0.1) is 0 Å². The molecule has 0 spiro atoms. The molecule has 148 valence electrons. The first-order chi connectivity index (χ1) is 13.4. The fourth-order valence-electron chi connectivity index (χ4n) is 2.39. The first kappa shape index (κ1) is 21.0. The topological polar surface area (TPSA) is 93.7 Å². The molecule has 0 saturated carbocycles. The number of methoxy groups -OCH3 is 1. The molecule has 0 heterocycles. The molecule has 0 unspecified atom stereocenters. The van der Waals surface area contributed by atoms with Gasteiger partial charge in [-0.25, -0.2) is 14.4 Å². The summed E-state index contributed by atoms with van der Waals surface area (Å²) < 4.78 is 9.97. The molecule has 0 atom stereocenters. The summed E-state index contributed by atoms with van der Waals surface area (Å²) in [6.07, 6.45) is 0. The summed E-state index contributed by atoms with van der Waals surface area (Å²) in [7, 11) is 1.31. The van der Waals surface area contributed by atoms with Crippen molar-refractivity contribution >= 4 is 18.0 Å². The van der Waals surface area contributed by atoms with E-state index in [1.165, 1.54) is 7.11 Å². The van der Waals surface area contributed by atoms with Gasteiger partial charge in [0.25, 0.3) is 0 Å². The fraction of sp³-hybridized carbons (Fsp3) is 0.286. The summed E-state index contributed by atoms with van der Waals surface area (Å²) in [6, 6.07) is 13.3. The van der Waals surface area contributed by atoms with Gasteiger partial charge < -0.3 is 20.1 Å². The molecule has 0 radical (unpaired) electrons. The number of rotatable bonds is 7. The Balaban J connectivity index is 1.87. The number of urea groups is 1. The summed E-state index contributed by atoms with van der Waals surface area (Å²) >= 11 is 0. The number of carbonyl (C=O) groups is 3. The van der Waals surface area contributed by atoms with E-state index in [4.69, 9.17) is 4.74 Å². The zero-order valence-corrected chi connectivity index (χ0v) is 16.2. The Kier molecular flexibility index (Phi) is 7.56. The number of benzene rings is 2. The van der Waals surface area contributed by atoms with Gasteiger partial charge in [-0.2, -0.15) is 0 Å². The van der Waals surface area contributed by atoms with Crippen LogP contribution in [0.5, 0.6) is 0 Å². The molecule has 0 aliphatic carbocycles. The van der Waals surface area contributed by atoms with Crippen molar-refractivity contribution in [2.24, 2.45) is 0 Å². The van der Waals surface area contributed by atoms with Crippen LogP contribution in [0.2, 0.25) is 0 Å². The Labute approximate surface area is 164 Å². The lowest BCUT2D eigenvalue weighted by molar-refractivity contribution is 0.0472. The molecule has 7 nitrogen and oxygen atoms in total. The van der Waals surface area contributed by atoms with Crippen LogP contribution in [0.1, 0.15) is 45.7 Å². The molecule has 2 aromatic carbocycles. The summed E-state index contributed by atoms with van der Waals surface area (Å²) in [5.74, 6) is -0.917. The largest absolute Gasteiger partial charge is 0.465 e. The predicted octanol–water partition coefficient (Wildman–Crippen LogP) is 3.04. The molecular formula is C21H24N2O5. The van der Waals surface area contributed by atoms with Crippen LogP contribution in [-0.4, -0.2) is 31.1 Å². The molecule has 2 aromatic rings. The zero-order chi connectivity index (χ0) is 20.5. The molecule has 0 aliphatic rings. The number of ether oxygens (including phenoxy) is 2. The third kappa shape index (κ3) is 6.42. The average Bonchev–Trinajstić information content (AvgIpc) is 2.70. The zero-order valence-electron chi connectivity index (χ0n) is 16.2. The van der Waals surface area contributed by atoms with E-state index >= 15 is 0 Å². The van der Waals surface area contributed by atoms with Gasteiger partial charge in [0.15, 0.2) is 0 Å². The normalized spacial score (nSPS) is 10.3. The summed E-state index contributed by atoms with van der Waals surface area (Å²) in [5, 5.41) is 5.48. The van der Waals surface area contributed by atoms with Crippen LogP contribution in [-0.2, 0) is 22.6 Å². The van der Waals surface area contributed by atoms with Crippen molar-refractivity contribution in [1.82, 2.24) is 10.6 Å². The Morgan fingerprint density at radius 1 is 0.929 bits per heavy atom. The van der Waals surface area contributed by atoms with Crippen molar-refractivity contribution in [3.05, 3.63) is 70.8 Å². The fourth-order valence-corrected chi connectivity index (χ4v) is 2.39. The SMILES string of the molecule is COC(=O)c1cccc(COC(=O)c2ccc(CNC(=O)NC(C)C)cc2)c1. The molecule has 7 heteroatoms. The Morgan fingerprint density at radius 2 is 1.64 bits per heavy atom. The molecule has 0 aliphatic heterocycles. The van der Waals surface area contributed by atoms with Crippen molar-refractivity contribution in [2.45, 2.75) is 33.0 Å². The second-order valence-corrected chi connectivity index (χ2v) is 6.45. The molecule has 0 saturated heterocycles. The lowest BCUT2D eigenvalue weighted by Gasteiger charge is -2.10. The average molecular weight is 384 g/mol. The number of amides is 2. The minimum absolute atomic E-state index is 0.0440. The van der Waals surface area contributed by atoms with E-state index in [9.17, 15) is 14.4 Å². The number of hydrogen-bond donors (Lipinski definition) is 2. The van der Waals surface area contributed by atoms with E-state index in [0.29, 0.717) is 23.2 Å². The molecule has 0 fully saturated rings. The van der Waals surface area contributed by atoms with E-state index in [1.807, 2.05) is 13.8 Å². The van der Waals surface area contributed by atoms with Crippen LogP contribution in [0.15, 0.2) is 48.5 Å². The van der Waals surface area contributed by atoms with Gasteiger partial charge in [0.05, 0.1) is 18.2 Å². The highest BCUT2D eigenvalue weighted by atomic mass is 16.5. The van der Waals surface area contributed by atoms with Crippen LogP contribution < -0.4 is 10.6 Å². The van der Waals surface area contributed by atoms with E-state index in [-0.39, 0.29) is 18.7 Å². The van der Waals surface area contributed by atoms with Crippen molar-refractivity contribution in [1.29, 1.82) is 0 Å². The molecule has 2 rings (SSSR count). The van der Waals surface area contributed by atoms with Gasteiger partial charge in [0.1, 0.15) is 6.61 Å². The van der Waals surface area contributed by atoms with Gasteiger partial charge in [-0.3, -0.25) is 0 Å². The second-order valence-electron chi connectivity index (χ2n) is 6.45. The van der Waals surface area contributed by atoms with Gasteiger partial charge in [-0.05, 0) is 49.2 Å².